The van der Waals surface area contributed by atoms with Gasteiger partial charge < -0.3 is 0 Å². The summed E-state index contributed by atoms with van der Waals surface area (Å²) in [7, 11) is 0. The molecule has 0 rings (SSSR count). The number of rotatable bonds is 9. The normalized spacial score (nSPS) is 13.4. The molecule has 0 spiro atoms. The number of hydrogen-bond donors (Lipinski definition) is 0. The Hall–Kier alpha value is -0.330. The molecule has 0 aromatic rings. The highest BCUT2D eigenvalue weighted by atomic mass is 16.1. The van der Waals surface area contributed by atoms with Gasteiger partial charge in [-0.2, -0.15) is 0 Å². The summed E-state index contributed by atoms with van der Waals surface area (Å²) in [5, 5.41) is 0. The van der Waals surface area contributed by atoms with E-state index in [9.17, 15) is 4.79 Å². The summed E-state index contributed by atoms with van der Waals surface area (Å²) in [4.78, 5) is 12.6. The van der Waals surface area contributed by atoms with Crippen LogP contribution in [0.5, 0.6) is 0 Å². The molecule has 0 fully saturated rings. The van der Waals surface area contributed by atoms with E-state index in [1.54, 1.807) is 0 Å². The lowest BCUT2D eigenvalue weighted by Gasteiger charge is -2.36. The fourth-order valence-electron chi connectivity index (χ4n) is 3.11. The molecule has 0 radical (unpaired) electrons. The molecule has 19 heavy (non-hydrogen) atoms. The average molecular weight is 268 g/mol. The number of Topliss-reactive ketones (excluding diaryl/α,β-unsaturated/α-hetero) is 1. The van der Waals surface area contributed by atoms with Crippen molar-refractivity contribution in [2.24, 2.45) is 22.7 Å². The van der Waals surface area contributed by atoms with Crippen LogP contribution >= 0.6 is 0 Å². The summed E-state index contributed by atoms with van der Waals surface area (Å²) < 4.78 is 0. The van der Waals surface area contributed by atoms with Crippen molar-refractivity contribution in [3.8, 4) is 0 Å². The van der Waals surface area contributed by atoms with Crippen molar-refractivity contribution in [3.63, 3.8) is 0 Å². The smallest absolute Gasteiger partial charge is 0.139 e. The van der Waals surface area contributed by atoms with E-state index >= 15 is 0 Å². The first-order valence-electron chi connectivity index (χ1n) is 8.11. The second-order valence-corrected chi connectivity index (χ2v) is 7.78. The van der Waals surface area contributed by atoms with Crippen LogP contribution in [0.3, 0.4) is 0 Å². The first-order chi connectivity index (χ1) is 8.58. The van der Waals surface area contributed by atoms with Crippen molar-refractivity contribution in [2.45, 2.75) is 87.5 Å². The van der Waals surface area contributed by atoms with Crippen molar-refractivity contribution in [1.29, 1.82) is 0 Å². The van der Waals surface area contributed by atoms with Gasteiger partial charge in [0.2, 0.25) is 0 Å². The minimum atomic E-state index is -0.158. The van der Waals surface area contributed by atoms with Crippen molar-refractivity contribution < 1.29 is 4.79 Å². The Morgan fingerprint density at radius 2 is 1.42 bits per heavy atom. The predicted octanol–water partition coefficient (Wildman–Crippen LogP) is 5.87. The lowest BCUT2D eigenvalue weighted by Crippen LogP contribution is -2.38. The van der Waals surface area contributed by atoms with E-state index in [0.717, 1.165) is 12.8 Å². The van der Waals surface area contributed by atoms with Crippen molar-refractivity contribution in [1.82, 2.24) is 0 Å². The molecule has 0 aromatic heterocycles. The van der Waals surface area contributed by atoms with Crippen LogP contribution in [0.15, 0.2) is 0 Å². The summed E-state index contributed by atoms with van der Waals surface area (Å²) >= 11 is 0. The summed E-state index contributed by atoms with van der Waals surface area (Å²) in [5.74, 6) is 1.30. The van der Waals surface area contributed by atoms with Gasteiger partial charge in [-0.3, -0.25) is 4.79 Å². The highest BCUT2D eigenvalue weighted by molar-refractivity contribution is 5.84. The molecule has 0 saturated carbocycles. The van der Waals surface area contributed by atoms with Crippen LogP contribution in [0.25, 0.3) is 0 Å². The molecule has 0 aliphatic carbocycles. The monoisotopic (exact) mass is 268 g/mol. The first kappa shape index (κ1) is 18.7. The Bertz CT molecular complexity index is 265. The molecule has 0 aliphatic rings. The molecule has 0 atom stereocenters. The Balaban J connectivity index is 4.46. The van der Waals surface area contributed by atoms with Gasteiger partial charge in [0.1, 0.15) is 5.78 Å². The second kappa shape index (κ2) is 7.45. The molecule has 0 aliphatic heterocycles. The fraction of sp³-hybridized carbons (Fsp3) is 0.944. The lowest BCUT2D eigenvalue weighted by molar-refractivity contribution is -0.133. The quantitative estimate of drug-likeness (QED) is 0.511. The third-order valence-corrected chi connectivity index (χ3v) is 5.18. The average Bonchev–Trinajstić information content (AvgIpc) is 2.26. The van der Waals surface area contributed by atoms with Gasteiger partial charge in [0.05, 0.1) is 0 Å². The van der Waals surface area contributed by atoms with E-state index in [4.69, 9.17) is 0 Å². The van der Waals surface area contributed by atoms with Crippen LogP contribution in [0.1, 0.15) is 87.5 Å². The summed E-state index contributed by atoms with van der Waals surface area (Å²) in [6, 6.07) is 0. The topological polar surface area (TPSA) is 17.1 Å². The zero-order valence-corrected chi connectivity index (χ0v) is 14.6. The Morgan fingerprint density at radius 1 is 0.947 bits per heavy atom. The number of carbonyl (C=O) groups is 1. The van der Waals surface area contributed by atoms with Crippen LogP contribution in [0.4, 0.5) is 0 Å². The molecule has 0 amide bonds. The minimum absolute atomic E-state index is 0.158. The number of ketones is 1. The lowest BCUT2D eigenvalue weighted by atomic mass is 9.66. The van der Waals surface area contributed by atoms with Crippen LogP contribution in [0.2, 0.25) is 0 Å². The van der Waals surface area contributed by atoms with E-state index in [1.807, 2.05) is 0 Å². The van der Waals surface area contributed by atoms with Gasteiger partial charge in [0.25, 0.3) is 0 Å². The van der Waals surface area contributed by atoms with Gasteiger partial charge in [-0.25, -0.2) is 0 Å². The minimum Gasteiger partial charge on any atom is -0.299 e. The van der Waals surface area contributed by atoms with Crippen molar-refractivity contribution in [3.05, 3.63) is 0 Å². The van der Waals surface area contributed by atoms with Gasteiger partial charge in [-0.15, -0.1) is 0 Å². The van der Waals surface area contributed by atoms with E-state index in [0.29, 0.717) is 23.0 Å². The highest BCUT2D eigenvalue weighted by Gasteiger charge is 2.38. The van der Waals surface area contributed by atoms with Gasteiger partial charge >= 0.3 is 0 Å². The zero-order chi connectivity index (χ0) is 15.3. The van der Waals surface area contributed by atoms with Crippen LogP contribution in [-0.2, 0) is 4.79 Å². The third-order valence-electron chi connectivity index (χ3n) is 5.18. The van der Waals surface area contributed by atoms with Crippen LogP contribution in [0, 0.1) is 22.7 Å². The molecule has 0 heterocycles. The largest absolute Gasteiger partial charge is 0.299 e. The van der Waals surface area contributed by atoms with Crippen molar-refractivity contribution >= 4 is 5.78 Å². The Morgan fingerprint density at radius 3 is 1.79 bits per heavy atom. The molecule has 1 nitrogen and oxygen atoms in total. The van der Waals surface area contributed by atoms with E-state index in [2.05, 4.69) is 55.4 Å². The summed E-state index contributed by atoms with van der Waals surface area (Å²) in [5.41, 5.74) is 0.232. The zero-order valence-electron chi connectivity index (χ0n) is 14.6. The summed E-state index contributed by atoms with van der Waals surface area (Å²) in [6.07, 6.45) is 5.45. The molecular weight excluding hydrogens is 232 g/mol. The molecule has 0 unspecified atom stereocenters. The first-order valence-corrected chi connectivity index (χ1v) is 8.11. The van der Waals surface area contributed by atoms with E-state index < -0.39 is 0 Å². The number of hydrogen-bond acceptors (Lipinski definition) is 1. The van der Waals surface area contributed by atoms with E-state index in [1.165, 1.54) is 19.3 Å². The Labute approximate surface area is 121 Å². The second-order valence-electron chi connectivity index (χ2n) is 7.78. The number of carbonyl (C=O) groups excluding carboxylic acids is 1. The molecule has 0 bridgehead atoms. The molecule has 114 valence electrons. The SMILES string of the molecule is CCCC(C)(C)CCCC(=O)C(C)(C(C)C)C(C)C. The van der Waals surface area contributed by atoms with Gasteiger partial charge in [-0.1, -0.05) is 61.8 Å². The van der Waals surface area contributed by atoms with Crippen LogP contribution < -0.4 is 0 Å². The standard InChI is InChI=1S/C18H36O/c1-9-12-17(6,7)13-10-11-16(19)18(8,14(2)3)15(4)5/h14-15H,9-13H2,1-8H3. The maximum atomic E-state index is 12.6. The van der Waals surface area contributed by atoms with E-state index in [-0.39, 0.29) is 5.41 Å². The third kappa shape index (κ3) is 5.28. The molecule has 0 N–H and O–H groups in total. The molecule has 1 heteroatoms. The van der Waals surface area contributed by atoms with Crippen molar-refractivity contribution in [2.75, 3.05) is 0 Å². The fourth-order valence-corrected chi connectivity index (χ4v) is 3.11. The maximum Gasteiger partial charge on any atom is 0.139 e. The highest BCUT2D eigenvalue weighted by Crippen LogP contribution is 2.38. The molecule has 0 saturated heterocycles. The Kier molecular flexibility index (Phi) is 7.32. The molecular formula is C18H36O. The van der Waals surface area contributed by atoms with Gasteiger partial charge in [-0.05, 0) is 36.5 Å². The van der Waals surface area contributed by atoms with Gasteiger partial charge in [0.15, 0.2) is 0 Å². The summed E-state index contributed by atoms with van der Waals surface area (Å²) in [6.45, 7) is 17.8. The predicted molar refractivity (Wildman–Crippen MR) is 85.3 cm³/mol. The molecule has 0 aromatic carbocycles. The maximum absolute atomic E-state index is 12.6. The van der Waals surface area contributed by atoms with Gasteiger partial charge in [0, 0.05) is 11.8 Å². The van der Waals surface area contributed by atoms with Crippen LogP contribution in [-0.4, -0.2) is 5.78 Å².